The Hall–Kier alpha value is -3.37. The van der Waals surface area contributed by atoms with Crippen LogP contribution in [0.2, 0.25) is 0 Å². The molecule has 0 radical (unpaired) electrons. The maximum absolute atomic E-state index is 9.58. The molecule has 0 amide bonds. The van der Waals surface area contributed by atoms with Crippen LogP contribution in [0, 0.1) is 11.3 Å². The van der Waals surface area contributed by atoms with E-state index >= 15 is 0 Å². The molecule has 0 bridgehead atoms. The third kappa shape index (κ3) is 3.48. The number of para-hydroxylation sites is 1. The van der Waals surface area contributed by atoms with Gasteiger partial charge in [0.15, 0.2) is 0 Å². The van der Waals surface area contributed by atoms with Gasteiger partial charge in [-0.25, -0.2) is 9.67 Å². The molecule has 1 fully saturated rings. The molecule has 0 saturated carbocycles. The van der Waals surface area contributed by atoms with Gasteiger partial charge < -0.3 is 15.8 Å². The fourth-order valence-corrected chi connectivity index (χ4v) is 3.27. The van der Waals surface area contributed by atoms with Crippen molar-refractivity contribution in [2.45, 2.75) is 18.9 Å². The van der Waals surface area contributed by atoms with Crippen LogP contribution in [0.1, 0.15) is 24.4 Å². The lowest BCUT2D eigenvalue weighted by molar-refractivity contribution is 0.351. The summed E-state index contributed by atoms with van der Waals surface area (Å²) in [5.41, 5.74) is 7.90. The van der Waals surface area contributed by atoms with E-state index in [1.54, 1.807) is 16.9 Å². The molecule has 4 rings (SSSR count). The van der Waals surface area contributed by atoms with Crippen LogP contribution in [-0.4, -0.2) is 27.9 Å². The first-order chi connectivity index (χ1) is 13.3. The predicted molar refractivity (Wildman–Crippen MR) is 102 cm³/mol. The van der Waals surface area contributed by atoms with Crippen molar-refractivity contribution in [2.75, 3.05) is 18.8 Å². The first-order valence-corrected chi connectivity index (χ1v) is 8.94. The van der Waals surface area contributed by atoms with E-state index in [2.05, 4.69) is 21.5 Å². The Morgan fingerprint density at radius 3 is 2.74 bits per heavy atom. The number of benzene rings is 1. The van der Waals surface area contributed by atoms with Gasteiger partial charge in [0.2, 0.25) is 5.88 Å². The van der Waals surface area contributed by atoms with Crippen LogP contribution in [0.15, 0.2) is 48.7 Å². The van der Waals surface area contributed by atoms with Crippen LogP contribution in [-0.2, 0) is 0 Å². The normalized spacial score (nSPS) is 16.6. The van der Waals surface area contributed by atoms with Crippen molar-refractivity contribution in [3.05, 3.63) is 54.2 Å². The van der Waals surface area contributed by atoms with E-state index < -0.39 is 0 Å². The van der Waals surface area contributed by atoms with Crippen LogP contribution < -0.4 is 15.8 Å². The van der Waals surface area contributed by atoms with Crippen LogP contribution in [0.3, 0.4) is 0 Å². The molecule has 3 aromatic rings. The fourth-order valence-electron chi connectivity index (χ4n) is 3.27. The number of anilines is 1. The second kappa shape index (κ2) is 7.48. The molecule has 27 heavy (non-hydrogen) atoms. The zero-order valence-corrected chi connectivity index (χ0v) is 14.8. The monoisotopic (exact) mass is 360 g/mol. The molecule has 7 heteroatoms. The minimum Gasteiger partial charge on any atom is -0.439 e. The second-order valence-corrected chi connectivity index (χ2v) is 6.47. The maximum Gasteiger partial charge on any atom is 0.219 e. The number of piperidine rings is 1. The van der Waals surface area contributed by atoms with Crippen LogP contribution >= 0.6 is 0 Å². The molecule has 0 aliphatic carbocycles. The highest BCUT2D eigenvalue weighted by atomic mass is 16.5. The lowest BCUT2D eigenvalue weighted by Gasteiger charge is -2.23. The summed E-state index contributed by atoms with van der Waals surface area (Å²) >= 11 is 0. The molecule has 136 valence electrons. The smallest absolute Gasteiger partial charge is 0.219 e. The van der Waals surface area contributed by atoms with E-state index in [1.807, 2.05) is 36.4 Å². The molecule has 1 aliphatic heterocycles. The lowest BCUT2D eigenvalue weighted by atomic mass is 10.1. The summed E-state index contributed by atoms with van der Waals surface area (Å²) in [5, 5.41) is 17.6. The first kappa shape index (κ1) is 17.1. The van der Waals surface area contributed by atoms with Gasteiger partial charge in [0.1, 0.15) is 28.9 Å². The molecule has 1 aromatic carbocycles. The van der Waals surface area contributed by atoms with Crippen molar-refractivity contribution in [2.24, 2.45) is 0 Å². The van der Waals surface area contributed by atoms with Crippen molar-refractivity contribution < 1.29 is 4.74 Å². The Morgan fingerprint density at radius 2 is 2.07 bits per heavy atom. The summed E-state index contributed by atoms with van der Waals surface area (Å²) in [7, 11) is 0. The number of nitrogen functional groups attached to an aromatic ring is 1. The number of hydrogen-bond acceptors (Lipinski definition) is 6. The number of nitrogens with one attached hydrogen (secondary N) is 1. The van der Waals surface area contributed by atoms with Crippen molar-refractivity contribution in [3.63, 3.8) is 0 Å². The van der Waals surface area contributed by atoms with Crippen molar-refractivity contribution in [1.82, 2.24) is 20.1 Å². The topological polar surface area (TPSA) is 102 Å². The summed E-state index contributed by atoms with van der Waals surface area (Å²) in [6.07, 6.45) is 3.71. The number of pyridine rings is 1. The largest absolute Gasteiger partial charge is 0.439 e. The van der Waals surface area contributed by atoms with Gasteiger partial charge in [0, 0.05) is 24.4 Å². The molecular weight excluding hydrogens is 340 g/mol. The van der Waals surface area contributed by atoms with Crippen LogP contribution in [0.5, 0.6) is 11.6 Å². The van der Waals surface area contributed by atoms with Gasteiger partial charge in [-0.05, 0) is 37.6 Å². The minimum atomic E-state index is 0.160. The molecule has 3 heterocycles. The Morgan fingerprint density at radius 1 is 1.22 bits per heavy atom. The average Bonchev–Trinajstić information content (AvgIpc) is 3.06. The number of nitrogens with two attached hydrogens (primary N) is 1. The summed E-state index contributed by atoms with van der Waals surface area (Å²) in [4.78, 5) is 4.34. The molecule has 1 aliphatic rings. The van der Waals surface area contributed by atoms with Crippen molar-refractivity contribution >= 4 is 5.82 Å². The Balaban J connectivity index is 1.62. The molecule has 1 unspecified atom stereocenters. The van der Waals surface area contributed by atoms with E-state index in [0.717, 1.165) is 31.5 Å². The molecular formula is C20H20N6O. The van der Waals surface area contributed by atoms with E-state index in [0.29, 0.717) is 28.7 Å². The number of nitrogens with zero attached hydrogens (tertiary/aromatic N) is 4. The number of ether oxygens (including phenoxy) is 1. The zero-order chi connectivity index (χ0) is 18.6. The van der Waals surface area contributed by atoms with Gasteiger partial charge in [-0.2, -0.15) is 10.4 Å². The van der Waals surface area contributed by atoms with Gasteiger partial charge in [-0.15, -0.1) is 0 Å². The van der Waals surface area contributed by atoms with Crippen LogP contribution in [0.25, 0.3) is 11.3 Å². The Labute approximate surface area is 157 Å². The summed E-state index contributed by atoms with van der Waals surface area (Å²) in [6, 6.07) is 15.4. The van der Waals surface area contributed by atoms with Gasteiger partial charge >= 0.3 is 0 Å². The highest BCUT2D eigenvalue weighted by molar-refractivity contribution is 5.72. The average molecular weight is 360 g/mol. The van der Waals surface area contributed by atoms with E-state index in [4.69, 9.17) is 10.5 Å². The van der Waals surface area contributed by atoms with E-state index in [9.17, 15) is 5.26 Å². The maximum atomic E-state index is 9.58. The van der Waals surface area contributed by atoms with Gasteiger partial charge in [0.25, 0.3) is 0 Å². The highest BCUT2D eigenvalue weighted by Crippen LogP contribution is 2.31. The summed E-state index contributed by atoms with van der Waals surface area (Å²) < 4.78 is 7.49. The quantitative estimate of drug-likeness (QED) is 0.741. The first-order valence-electron chi connectivity index (χ1n) is 8.94. The fraction of sp³-hybridized carbons (Fsp3) is 0.250. The molecule has 1 atom stereocenters. The summed E-state index contributed by atoms with van der Waals surface area (Å²) in [6.45, 7) is 1.81. The van der Waals surface area contributed by atoms with Gasteiger partial charge in [0.05, 0.1) is 6.04 Å². The summed E-state index contributed by atoms with van der Waals surface area (Å²) in [5.74, 6) is 1.60. The number of nitriles is 1. The van der Waals surface area contributed by atoms with Gasteiger partial charge in [-0.1, -0.05) is 18.2 Å². The standard InChI is InChI=1S/C20H20N6O/c21-11-17-19(25-26(20(17)22)15-5-4-10-23-13-15)14-8-9-18(24-12-14)27-16-6-2-1-3-7-16/h1-3,6-9,12,15,23H,4-5,10,13,22H2. The molecule has 3 N–H and O–H groups in total. The number of rotatable bonds is 4. The van der Waals surface area contributed by atoms with Crippen molar-refractivity contribution in [1.29, 1.82) is 5.26 Å². The lowest BCUT2D eigenvalue weighted by Crippen LogP contribution is -2.32. The van der Waals surface area contributed by atoms with E-state index in [-0.39, 0.29) is 6.04 Å². The third-order valence-corrected chi connectivity index (χ3v) is 4.65. The third-order valence-electron chi connectivity index (χ3n) is 4.65. The molecule has 7 nitrogen and oxygen atoms in total. The SMILES string of the molecule is N#Cc1c(-c2ccc(Oc3ccccc3)nc2)nn(C2CCCNC2)c1N. The molecule has 0 spiro atoms. The van der Waals surface area contributed by atoms with Gasteiger partial charge in [-0.3, -0.25) is 0 Å². The number of aromatic nitrogens is 3. The zero-order valence-electron chi connectivity index (χ0n) is 14.8. The second-order valence-electron chi connectivity index (χ2n) is 6.47. The Bertz CT molecular complexity index is 953. The molecule has 1 saturated heterocycles. The predicted octanol–water partition coefficient (Wildman–Crippen LogP) is 3.12. The molecule has 2 aromatic heterocycles. The Kier molecular flexibility index (Phi) is 4.73. The highest BCUT2D eigenvalue weighted by Gasteiger charge is 2.23. The number of hydrogen-bond donors (Lipinski definition) is 2. The van der Waals surface area contributed by atoms with Crippen LogP contribution in [0.4, 0.5) is 5.82 Å². The minimum absolute atomic E-state index is 0.160. The van der Waals surface area contributed by atoms with Crippen molar-refractivity contribution in [3.8, 4) is 29.0 Å². The van der Waals surface area contributed by atoms with E-state index in [1.165, 1.54) is 0 Å².